The van der Waals surface area contributed by atoms with Crippen molar-refractivity contribution in [1.82, 2.24) is 9.80 Å². The molecule has 1 N–H and O–H groups in total. The van der Waals surface area contributed by atoms with Gasteiger partial charge in [0.05, 0.1) is 6.10 Å². The summed E-state index contributed by atoms with van der Waals surface area (Å²) in [6.07, 6.45) is 1.63. The van der Waals surface area contributed by atoms with E-state index in [-0.39, 0.29) is 12.1 Å². The van der Waals surface area contributed by atoms with Crippen LogP contribution in [-0.2, 0) is 6.42 Å². The van der Waals surface area contributed by atoms with Crippen LogP contribution in [0.2, 0.25) is 0 Å². The van der Waals surface area contributed by atoms with Gasteiger partial charge in [-0.25, -0.2) is 0 Å². The van der Waals surface area contributed by atoms with Gasteiger partial charge < -0.3 is 10.0 Å². The van der Waals surface area contributed by atoms with Gasteiger partial charge in [0.15, 0.2) is 0 Å². The van der Waals surface area contributed by atoms with Crippen molar-refractivity contribution in [3.05, 3.63) is 22.4 Å². The van der Waals surface area contributed by atoms with Gasteiger partial charge in [0.1, 0.15) is 0 Å². The third-order valence-electron chi connectivity index (χ3n) is 3.65. The first kappa shape index (κ1) is 13.0. The normalized spacial score (nSPS) is 25.0. The maximum atomic E-state index is 10.3. The van der Waals surface area contributed by atoms with E-state index in [2.05, 4.69) is 40.7 Å². The second-order valence-corrected chi connectivity index (χ2v) is 5.83. The Balaban J connectivity index is 1.83. The van der Waals surface area contributed by atoms with Gasteiger partial charge in [-0.1, -0.05) is 0 Å². The molecule has 1 saturated heterocycles. The number of nitrogens with zero attached hydrogens (tertiary/aromatic N) is 2. The van der Waals surface area contributed by atoms with Crippen molar-refractivity contribution in [3.8, 4) is 0 Å². The smallest absolute Gasteiger partial charge is 0.0710 e. The second kappa shape index (κ2) is 5.96. The average Bonchev–Trinajstić information content (AvgIpc) is 2.82. The van der Waals surface area contributed by atoms with E-state index in [9.17, 15) is 5.11 Å². The maximum absolute atomic E-state index is 10.3. The van der Waals surface area contributed by atoms with E-state index in [1.807, 2.05) is 0 Å². The van der Waals surface area contributed by atoms with Crippen molar-refractivity contribution in [3.63, 3.8) is 0 Å². The Morgan fingerprint density at radius 1 is 1.47 bits per heavy atom. The summed E-state index contributed by atoms with van der Waals surface area (Å²) in [7, 11) is 4.25. The lowest BCUT2D eigenvalue weighted by Gasteiger charge is -2.40. The van der Waals surface area contributed by atoms with Crippen LogP contribution in [0.5, 0.6) is 0 Å². The van der Waals surface area contributed by atoms with Crippen molar-refractivity contribution in [2.45, 2.75) is 25.0 Å². The first-order valence-electron chi connectivity index (χ1n) is 6.24. The highest BCUT2D eigenvalue weighted by Gasteiger charge is 2.28. The lowest BCUT2D eigenvalue weighted by atomic mass is 10.0. The Morgan fingerprint density at radius 2 is 2.29 bits per heavy atom. The first-order chi connectivity index (χ1) is 8.16. The van der Waals surface area contributed by atoms with E-state index in [4.69, 9.17) is 0 Å². The minimum absolute atomic E-state index is 0.220. The molecule has 1 aromatic rings. The highest BCUT2D eigenvalue weighted by molar-refractivity contribution is 7.07. The molecule has 0 saturated carbocycles. The highest BCUT2D eigenvalue weighted by atomic mass is 32.1. The number of hydrogen-bond donors (Lipinski definition) is 1. The largest absolute Gasteiger partial charge is 0.391 e. The van der Waals surface area contributed by atoms with Crippen LogP contribution < -0.4 is 0 Å². The fourth-order valence-electron chi connectivity index (χ4n) is 2.40. The lowest BCUT2D eigenvalue weighted by Crippen LogP contribution is -2.55. The molecule has 2 atom stereocenters. The molecule has 0 spiro atoms. The molecule has 2 rings (SSSR count). The van der Waals surface area contributed by atoms with Crippen LogP contribution in [0.25, 0.3) is 0 Å². The van der Waals surface area contributed by atoms with Crippen molar-refractivity contribution in [2.24, 2.45) is 0 Å². The molecular weight excluding hydrogens is 232 g/mol. The number of rotatable bonds is 4. The molecule has 0 amide bonds. The summed E-state index contributed by atoms with van der Waals surface area (Å²) >= 11 is 1.73. The van der Waals surface area contributed by atoms with Gasteiger partial charge in [0.25, 0.3) is 0 Å². The molecule has 2 unspecified atom stereocenters. The van der Waals surface area contributed by atoms with Gasteiger partial charge in [-0.15, -0.1) is 0 Å². The number of aliphatic hydroxyl groups is 1. The first-order valence-corrected chi connectivity index (χ1v) is 7.19. The van der Waals surface area contributed by atoms with E-state index >= 15 is 0 Å². The Kier molecular flexibility index (Phi) is 4.56. The number of thiophene rings is 1. The van der Waals surface area contributed by atoms with E-state index in [0.717, 1.165) is 32.5 Å². The van der Waals surface area contributed by atoms with Gasteiger partial charge in [0.2, 0.25) is 0 Å². The quantitative estimate of drug-likeness (QED) is 0.877. The molecule has 1 aliphatic heterocycles. The van der Waals surface area contributed by atoms with Crippen LogP contribution in [0, 0.1) is 0 Å². The van der Waals surface area contributed by atoms with Crippen LogP contribution in [0.1, 0.15) is 12.0 Å². The third-order valence-corrected chi connectivity index (χ3v) is 4.38. The molecule has 0 aromatic carbocycles. The standard InChI is InChI=1S/C13H22N2OS/c1-14-6-7-15(2)12(9-14)13(16)4-3-11-5-8-17-10-11/h5,8,10,12-13,16H,3-4,6-7,9H2,1-2H3. The number of piperazine rings is 1. The zero-order chi connectivity index (χ0) is 12.3. The van der Waals surface area contributed by atoms with E-state index in [0.29, 0.717) is 0 Å². The average molecular weight is 254 g/mol. The monoisotopic (exact) mass is 254 g/mol. The summed E-state index contributed by atoms with van der Waals surface area (Å²) in [4.78, 5) is 4.59. The third kappa shape index (κ3) is 3.52. The molecular formula is C13H22N2OS. The van der Waals surface area contributed by atoms with Crippen molar-refractivity contribution < 1.29 is 5.11 Å². The topological polar surface area (TPSA) is 26.7 Å². The van der Waals surface area contributed by atoms with Crippen LogP contribution >= 0.6 is 11.3 Å². The number of aryl methyl sites for hydroxylation is 1. The molecule has 1 fully saturated rings. The summed E-state index contributed by atoms with van der Waals surface area (Å²) in [5, 5.41) is 14.6. The van der Waals surface area contributed by atoms with Crippen molar-refractivity contribution in [2.75, 3.05) is 33.7 Å². The van der Waals surface area contributed by atoms with Gasteiger partial charge in [-0.3, -0.25) is 4.90 Å². The van der Waals surface area contributed by atoms with Gasteiger partial charge >= 0.3 is 0 Å². The SMILES string of the molecule is CN1CCN(C)C(C(O)CCc2ccsc2)C1. The number of aliphatic hydroxyl groups excluding tert-OH is 1. The molecule has 0 bridgehead atoms. The van der Waals surface area contributed by atoms with E-state index in [1.54, 1.807) is 11.3 Å². The molecule has 4 heteroatoms. The molecule has 96 valence electrons. The lowest BCUT2D eigenvalue weighted by molar-refractivity contribution is 0.0111. The van der Waals surface area contributed by atoms with Gasteiger partial charge in [-0.05, 0) is 49.3 Å². The molecule has 3 nitrogen and oxygen atoms in total. The van der Waals surface area contributed by atoms with E-state index in [1.165, 1.54) is 5.56 Å². The summed E-state index contributed by atoms with van der Waals surface area (Å²) in [6, 6.07) is 2.43. The zero-order valence-electron chi connectivity index (χ0n) is 10.7. The Labute approximate surface area is 108 Å². The maximum Gasteiger partial charge on any atom is 0.0710 e. The highest BCUT2D eigenvalue weighted by Crippen LogP contribution is 2.16. The van der Waals surface area contributed by atoms with Crippen LogP contribution in [0.4, 0.5) is 0 Å². The van der Waals surface area contributed by atoms with E-state index < -0.39 is 0 Å². The predicted octanol–water partition coefficient (Wildman–Crippen LogP) is 1.29. The second-order valence-electron chi connectivity index (χ2n) is 5.05. The van der Waals surface area contributed by atoms with Crippen molar-refractivity contribution in [1.29, 1.82) is 0 Å². The summed E-state index contributed by atoms with van der Waals surface area (Å²) in [5.74, 6) is 0. The Hall–Kier alpha value is -0.420. The van der Waals surface area contributed by atoms with Crippen LogP contribution in [-0.4, -0.2) is 60.8 Å². The number of hydrogen-bond acceptors (Lipinski definition) is 4. The van der Waals surface area contributed by atoms with Gasteiger partial charge in [-0.2, -0.15) is 11.3 Å². The summed E-state index contributed by atoms with van der Waals surface area (Å²) < 4.78 is 0. The fourth-order valence-corrected chi connectivity index (χ4v) is 3.10. The molecule has 2 heterocycles. The fraction of sp³-hybridized carbons (Fsp3) is 0.692. The Morgan fingerprint density at radius 3 is 3.00 bits per heavy atom. The molecule has 0 aliphatic carbocycles. The predicted molar refractivity (Wildman–Crippen MR) is 72.6 cm³/mol. The summed E-state index contributed by atoms with van der Waals surface area (Å²) in [6.45, 7) is 3.13. The van der Waals surface area contributed by atoms with Crippen LogP contribution in [0.15, 0.2) is 16.8 Å². The van der Waals surface area contributed by atoms with Crippen LogP contribution in [0.3, 0.4) is 0 Å². The minimum atomic E-state index is -0.220. The molecule has 0 radical (unpaired) electrons. The summed E-state index contributed by atoms with van der Waals surface area (Å²) in [5.41, 5.74) is 1.35. The number of likely N-dealkylation sites (N-methyl/N-ethyl adjacent to an activating group) is 2. The zero-order valence-corrected chi connectivity index (χ0v) is 11.5. The molecule has 1 aliphatic rings. The minimum Gasteiger partial charge on any atom is -0.391 e. The molecule has 17 heavy (non-hydrogen) atoms. The van der Waals surface area contributed by atoms with Gasteiger partial charge in [0, 0.05) is 25.7 Å². The molecule has 1 aromatic heterocycles. The van der Waals surface area contributed by atoms with Crippen molar-refractivity contribution >= 4 is 11.3 Å². The Bertz CT molecular complexity index is 328.